The van der Waals surface area contributed by atoms with Crippen LogP contribution in [0.1, 0.15) is 10.6 Å². The van der Waals surface area contributed by atoms with E-state index in [1.807, 2.05) is 23.9 Å². The molecule has 0 atom stereocenters. The lowest BCUT2D eigenvalue weighted by Gasteiger charge is -2.00. The van der Waals surface area contributed by atoms with Crippen LogP contribution in [-0.2, 0) is 13.1 Å². The van der Waals surface area contributed by atoms with Crippen LogP contribution in [0.3, 0.4) is 0 Å². The zero-order valence-electron chi connectivity index (χ0n) is 10.6. The van der Waals surface area contributed by atoms with Crippen LogP contribution in [0.5, 0.6) is 0 Å². The minimum Gasteiger partial charge on any atom is -0.314 e. The Balaban J connectivity index is 2.03. The lowest BCUT2D eigenvalue weighted by atomic mass is 10.2. The molecule has 0 aliphatic rings. The van der Waals surface area contributed by atoms with Gasteiger partial charge >= 0.3 is 0 Å². The molecule has 1 N–H and O–H groups in total. The van der Waals surface area contributed by atoms with E-state index in [0.29, 0.717) is 0 Å². The Hall–Kier alpha value is -1.36. The second-order valence-electron chi connectivity index (χ2n) is 4.36. The molecule has 0 radical (unpaired) electrons. The summed E-state index contributed by atoms with van der Waals surface area (Å²) in [6, 6.07) is 12.3. The highest BCUT2D eigenvalue weighted by Gasteiger charge is 2.10. The quantitative estimate of drug-likeness (QED) is 0.797. The molecule has 1 aromatic carbocycles. The van der Waals surface area contributed by atoms with Crippen molar-refractivity contribution in [2.45, 2.75) is 13.1 Å². The fourth-order valence-electron chi connectivity index (χ4n) is 2.20. The molecule has 19 heavy (non-hydrogen) atoms. The van der Waals surface area contributed by atoms with Crippen LogP contribution >= 0.6 is 22.9 Å². The van der Waals surface area contributed by atoms with Crippen LogP contribution in [0.15, 0.2) is 36.4 Å². The number of nitrogens with zero attached hydrogens (tertiary/aromatic N) is 2. The van der Waals surface area contributed by atoms with Crippen LogP contribution < -0.4 is 5.32 Å². The number of hydrogen-bond acceptors (Lipinski definition) is 3. The van der Waals surface area contributed by atoms with E-state index < -0.39 is 0 Å². The Kier molecular flexibility index (Phi) is 3.55. The first-order chi connectivity index (χ1) is 9.28. The maximum absolute atomic E-state index is 5.98. The largest absolute Gasteiger partial charge is 0.314 e. The van der Waals surface area contributed by atoms with Crippen LogP contribution in [-0.4, -0.2) is 16.8 Å². The minimum atomic E-state index is 0.765. The molecule has 3 nitrogen and oxygen atoms in total. The van der Waals surface area contributed by atoms with Gasteiger partial charge in [-0.25, -0.2) is 0 Å². The Morgan fingerprint density at radius 2 is 2.11 bits per heavy atom. The SMILES string of the molecule is CNCc1nn(Cc2ccc(Cl)s2)c2ccccc12. The van der Waals surface area contributed by atoms with Gasteiger partial charge in [0.25, 0.3) is 0 Å². The highest BCUT2D eigenvalue weighted by atomic mass is 35.5. The molecule has 0 fully saturated rings. The number of fused-ring (bicyclic) bond motifs is 1. The third-order valence-electron chi connectivity index (χ3n) is 3.01. The van der Waals surface area contributed by atoms with Gasteiger partial charge in [-0.1, -0.05) is 29.8 Å². The fourth-order valence-corrected chi connectivity index (χ4v) is 3.27. The summed E-state index contributed by atoms with van der Waals surface area (Å²) in [6.07, 6.45) is 0. The van der Waals surface area contributed by atoms with Gasteiger partial charge < -0.3 is 5.32 Å². The summed E-state index contributed by atoms with van der Waals surface area (Å²) in [5.41, 5.74) is 2.25. The predicted molar refractivity (Wildman–Crippen MR) is 80.9 cm³/mol. The van der Waals surface area contributed by atoms with Gasteiger partial charge in [0, 0.05) is 16.8 Å². The van der Waals surface area contributed by atoms with Gasteiger partial charge in [0.05, 0.1) is 22.1 Å². The minimum absolute atomic E-state index is 0.765. The highest BCUT2D eigenvalue weighted by molar-refractivity contribution is 7.16. The van der Waals surface area contributed by atoms with Crippen LogP contribution in [0.2, 0.25) is 4.34 Å². The van der Waals surface area contributed by atoms with Crippen molar-refractivity contribution in [3.63, 3.8) is 0 Å². The maximum atomic E-state index is 5.98. The van der Waals surface area contributed by atoms with E-state index in [1.165, 1.54) is 10.3 Å². The van der Waals surface area contributed by atoms with Crippen molar-refractivity contribution < 1.29 is 0 Å². The van der Waals surface area contributed by atoms with Gasteiger partial charge in [-0.3, -0.25) is 4.68 Å². The van der Waals surface area contributed by atoms with Gasteiger partial charge in [0.15, 0.2) is 0 Å². The summed E-state index contributed by atoms with van der Waals surface area (Å²) in [5, 5.41) is 9.07. The molecule has 0 saturated carbocycles. The van der Waals surface area contributed by atoms with E-state index in [2.05, 4.69) is 29.6 Å². The molecule has 0 saturated heterocycles. The summed E-state index contributed by atoms with van der Waals surface area (Å²) in [5.74, 6) is 0. The standard InChI is InChI=1S/C14H14ClN3S/c1-16-8-12-11-4-2-3-5-13(11)18(17-12)9-10-6-7-14(15)19-10/h2-7,16H,8-9H2,1H3. The van der Waals surface area contributed by atoms with Crippen molar-refractivity contribution in [2.75, 3.05) is 7.05 Å². The second kappa shape index (κ2) is 5.33. The Labute approximate surface area is 120 Å². The molecule has 3 aromatic rings. The number of thiophene rings is 1. The summed E-state index contributed by atoms with van der Waals surface area (Å²) in [4.78, 5) is 1.22. The van der Waals surface area contributed by atoms with Gasteiger partial charge in [-0.05, 0) is 25.2 Å². The van der Waals surface area contributed by atoms with E-state index >= 15 is 0 Å². The summed E-state index contributed by atoms with van der Waals surface area (Å²) < 4.78 is 2.87. The molecule has 0 bridgehead atoms. The lowest BCUT2D eigenvalue weighted by Crippen LogP contribution is -2.07. The molecule has 98 valence electrons. The van der Waals surface area contributed by atoms with E-state index in [-0.39, 0.29) is 0 Å². The van der Waals surface area contributed by atoms with Crippen LogP contribution in [0.25, 0.3) is 10.9 Å². The molecule has 0 amide bonds. The molecule has 0 unspecified atom stereocenters. The van der Waals surface area contributed by atoms with Crippen LogP contribution in [0.4, 0.5) is 0 Å². The normalized spacial score (nSPS) is 11.3. The molecule has 3 rings (SSSR count). The van der Waals surface area contributed by atoms with E-state index in [4.69, 9.17) is 16.7 Å². The van der Waals surface area contributed by atoms with E-state index in [0.717, 1.165) is 28.6 Å². The Morgan fingerprint density at radius 3 is 2.84 bits per heavy atom. The molecule has 0 spiro atoms. The number of aromatic nitrogens is 2. The third kappa shape index (κ3) is 2.52. The third-order valence-corrected chi connectivity index (χ3v) is 4.23. The first-order valence-corrected chi connectivity index (χ1v) is 7.30. The van der Waals surface area contributed by atoms with Crippen molar-refractivity contribution in [3.8, 4) is 0 Å². The topological polar surface area (TPSA) is 29.9 Å². The summed E-state index contributed by atoms with van der Waals surface area (Å²) in [7, 11) is 1.94. The van der Waals surface area contributed by atoms with Crippen molar-refractivity contribution >= 4 is 33.8 Å². The van der Waals surface area contributed by atoms with E-state index in [1.54, 1.807) is 11.3 Å². The summed E-state index contributed by atoms with van der Waals surface area (Å²) in [6.45, 7) is 1.54. The molecular weight excluding hydrogens is 278 g/mol. The average Bonchev–Trinajstić information content (AvgIpc) is 2.97. The van der Waals surface area contributed by atoms with Crippen molar-refractivity contribution in [1.82, 2.24) is 15.1 Å². The van der Waals surface area contributed by atoms with Crippen molar-refractivity contribution in [1.29, 1.82) is 0 Å². The molecule has 2 aromatic heterocycles. The maximum Gasteiger partial charge on any atom is 0.0931 e. The zero-order valence-corrected chi connectivity index (χ0v) is 12.1. The fraction of sp³-hybridized carbons (Fsp3) is 0.214. The molecular formula is C14H14ClN3S. The molecule has 5 heteroatoms. The molecule has 0 aliphatic carbocycles. The van der Waals surface area contributed by atoms with Gasteiger partial charge in [0.2, 0.25) is 0 Å². The Bertz CT molecular complexity index is 702. The summed E-state index contributed by atoms with van der Waals surface area (Å²) >= 11 is 7.58. The van der Waals surface area contributed by atoms with E-state index in [9.17, 15) is 0 Å². The number of rotatable bonds is 4. The number of hydrogen-bond donors (Lipinski definition) is 1. The van der Waals surface area contributed by atoms with Gasteiger partial charge in [-0.2, -0.15) is 5.10 Å². The Morgan fingerprint density at radius 1 is 1.26 bits per heavy atom. The highest BCUT2D eigenvalue weighted by Crippen LogP contribution is 2.24. The van der Waals surface area contributed by atoms with Crippen LogP contribution in [0, 0.1) is 0 Å². The number of benzene rings is 1. The van der Waals surface area contributed by atoms with Crippen molar-refractivity contribution in [2.24, 2.45) is 0 Å². The van der Waals surface area contributed by atoms with Gasteiger partial charge in [0.1, 0.15) is 0 Å². The molecule has 0 aliphatic heterocycles. The lowest BCUT2D eigenvalue weighted by molar-refractivity contribution is 0.682. The average molecular weight is 292 g/mol. The molecule has 2 heterocycles. The number of para-hydroxylation sites is 1. The van der Waals surface area contributed by atoms with Crippen molar-refractivity contribution in [3.05, 3.63) is 51.3 Å². The smallest absolute Gasteiger partial charge is 0.0931 e. The predicted octanol–water partition coefficient (Wildman–Crippen LogP) is 3.52. The number of nitrogens with one attached hydrogen (secondary N) is 1. The second-order valence-corrected chi connectivity index (χ2v) is 6.16. The first kappa shape index (κ1) is 12.7. The number of halogens is 1. The zero-order chi connectivity index (χ0) is 13.2. The monoisotopic (exact) mass is 291 g/mol. The first-order valence-electron chi connectivity index (χ1n) is 6.11. The van der Waals surface area contributed by atoms with Gasteiger partial charge in [-0.15, -0.1) is 11.3 Å².